The molecule has 0 spiro atoms. The summed E-state index contributed by atoms with van der Waals surface area (Å²) >= 11 is 5.91. The van der Waals surface area contributed by atoms with E-state index in [-0.39, 0.29) is 5.91 Å². The minimum absolute atomic E-state index is 0.179. The standard InChI is InChI=1S/C16H18ClN3O2/c1-11-8-15(19-22-11)16(21)18-9-12-6-7-20(10-12)14-4-2-13(17)3-5-14/h2-5,8,12H,6-7,9-10H2,1H3,(H,18,21)/t12-/m1/s1. The molecule has 0 bridgehead atoms. The van der Waals surface area contributed by atoms with Crippen molar-refractivity contribution in [3.05, 3.63) is 46.8 Å². The van der Waals surface area contributed by atoms with Crippen molar-refractivity contribution in [3.63, 3.8) is 0 Å². The maximum absolute atomic E-state index is 11.9. The first-order chi connectivity index (χ1) is 10.6. The van der Waals surface area contributed by atoms with E-state index in [1.165, 1.54) is 5.69 Å². The van der Waals surface area contributed by atoms with Crippen LogP contribution in [0.5, 0.6) is 0 Å². The fourth-order valence-electron chi connectivity index (χ4n) is 2.69. The number of rotatable bonds is 4. The monoisotopic (exact) mass is 319 g/mol. The largest absolute Gasteiger partial charge is 0.371 e. The van der Waals surface area contributed by atoms with Gasteiger partial charge in [0.15, 0.2) is 5.69 Å². The number of aromatic nitrogens is 1. The second-order valence-corrected chi connectivity index (χ2v) is 6.05. The topological polar surface area (TPSA) is 58.4 Å². The molecule has 5 nitrogen and oxygen atoms in total. The molecule has 0 unspecified atom stereocenters. The predicted molar refractivity (Wildman–Crippen MR) is 85.3 cm³/mol. The van der Waals surface area contributed by atoms with Gasteiger partial charge in [0.05, 0.1) is 0 Å². The van der Waals surface area contributed by atoms with Gasteiger partial charge in [0, 0.05) is 36.4 Å². The smallest absolute Gasteiger partial charge is 0.273 e. The van der Waals surface area contributed by atoms with Crippen molar-refractivity contribution in [1.29, 1.82) is 0 Å². The van der Waals surface area contributed by atoms with E-state index in [9.17, 15) is 4.79 Å². The van der Waals surface area contributed by atoms with Crippen LogP contribution in [-0.2, 0) is 0 Å². The van der Waals surface area contributed by atoms with Gasteiger partial charge in [-0.1, -0.05) is 16.8 Å². The zero-order chi connectivity index (χ0) is 15.5. The Bertz CT molecular complexity index is 654. The maximum Gasteiger partial charge on any atom is 0.273 e. The molecule has 2 aromatic rings. The van der Waals surface area contributed by atoms with Gasteiger partial charge in [-0.25, -0.2) is 0 Å². The third kappa shape index (κ3) is 3.42. The Kier molecular flexibility index (Phi) is 4.34. The van der Waals surface area contributed by atoms with Gasteiger partial charge in [0.2, 0.25) is 0 Å². The van der Waals surface area contributed by atoms with Gasteiger partial charge in [0.1, 0.15) is 5.76 Å². The lowest BCUT2D eigenvalue weighted by atomic mass is 10.1. The van der Waals surface area contributed by atoms with E-state index in [0.29, 0.717) is 23.9 Å². The highest BCUT2D eigenvalue weighted by Gasteiger charge is 2.23. The zero-order valence-electron chi connectivity index (χ0n) is 12.4. The van der Waals surface area contributed by atoms with Crippen molar-refractivity contribution in [1.82, 2.24) is 10.5 Å². The lowest BCUT2D eigenvalue weighted by Gasteiger charge is -2.18. The van der Waals surface area contributed by atoms with Crippen molar-refractivity contribution in [3.8, 4) is 0 Å². The Morgan fingerprint density at radius 1 is 1.45 bits per heavy atom. The summed E-state index contributed by atoms with van der Waals surface area (Å²) in [5.41, 5.74) is 1.51. The average molecular weight is 320 g/mol. The number of benzene rings is 1. The third-order valence-electron chi connectivity index (χ3n) is 3.89. The molecule has 1 fully saturated rings. The third-order valence-corrected chi connectivity index (χ3v) is 4.14. The SMILES string of the molecule is Cc1cc(C(=O)NC[C@H]2CCN(c3ccc(Cl)cc3)C2)no1. The number of aryl methyl sites for hydroxylation is 1. The van der Waals surface area contributed by atoms with Crippen LogP contribution in [0.4, 0.5) is 5.69 Å². The predicted octanol–water partition coefficient (Wildman–Crippen LogP) is 2.89. The quantitative estimate of drug-likeness (QED) is 0.941. The molecule has 1 aliphatic rings. The van der Waals surface area contributed by atoms with Gasteiger partial charge < -0.3 is 14.7 Å². The summed E-state index contributed by atoms with van der Waals surface area (Å²) in [6, 6.07) is 9.50. The Balaban J connectivity index is 1.51. The fourth-order valence-corrected chi connectivity index (χ4v) is 2.81. The molecular weight excluding hydrogens is 302 g/mol. The molecule has 1 aromatic heterocycles. The number of carbonyl (C=O) groups excluding carboxylic acids is 1. The fraction of sp³-hybridized carbons (Fsp3) is 0.375. The highest BCUT2D eigenvalue weighted by Crippen LogP contribution is 2.24. The van der Waals surface area contributed by atoms with Crippen molar-refractivity contribution in [2.24, 2.45) is 5.92 Å². The Morgan fingerprint density at radius 3 is 2.91 bits per heavy atom. The number of hydrogen-bond donors (Lipinski definition) is 1. The van der Waals surface area contributed by atoms with E-state index >= 15 is 0 Å². The number of hydrogen-bond acceptors (Lipinski definition) is 4. The lowest BCUT2D eigenvalue weighted by molar-refractivity contribution is 0.0939. The van der Waals surface area contributed by atoms with Crippen LogP contribution in [0.15, 0.2) is 34.9 Å². The maximum atomic E-state index is 11.9. The molecule has 1 amide bonds. The Labute approximate surface area is 134 Å². The molecule has 0 saturated carbocycles. The number of amides is 1. The summed E-state index contributed by atoms with van der Waals surface area (Å²) in [4.78, 5) is 14.3. The van der Waals surface area contributed by atoms with Gasteiger partial charge in [-0.3, -0.25) is 4.79 Å². The van der Waals surface area contributed by atoms with Gasteiger partial charge in [0.25, 0.3) is 5.91 Å². The van der Waals surface area contributed by atoms with E-state index in [1.807, 2.05) is 24.3 Å². The van der Waals surface area contributed by atoms with E-state index < -0.39 is 0 Å². The highest BCUT2D eigenvalue weighted by molar-refractivity contribution is 6.30. The van der Waals surface area contributed by atoms with Crippen LogP contribution >= 0.6 is 11.6 Å². The summed E-state index contributed by atoms with van der Waals surface area (Å²) in [6.45, 7) is 4.34. The van der Waals surface area contributed by atoms with Crippen LogP contribution in [0.25, 0.3) is 0 Å². The van der Waals surface area contributed by atoms with Crippen LogP contribution in [-0.4, -0.2) is 30.7 Å². The molecule has 2 heterocycles. The first kappa shape index (κ1) is 14.9. The van der Waals surface area contributed by atoms with Gasteiger partial charge in [-0.2, -0.15) is 0 Å². The molecule has 116 valence electrons. The molecule has 0 radical (unpaired) electrons. The number of anilines is 1. The molecule has 1 saturated heterocycles. The first-order valence-corrected chi connectivity index (χ1v) is 7.71. The molecule has 1 aliphatic heterocycles. The summed E-state index contributed by atoms with van der Waals surface area (Å²) < 4.78 is 4.91. The van der Waals surface area contributed by atoms with Crippen LogP contribution in [0.3, 0.4) is 0 Å². The van der Waals surface area contributed by atoms with E-state index in [2.05, 4.69) is 15.4 Å². The lowest BCUT2D eigenvalue weighted by Crippen LogP contribution is -2.31. The molecule has 3 rings (SSSR count). The van der Waals surface area contributed by atoms with Crippen molar-refractivity contribution in [2.75, 3.05) is 24.5 Å². The van der Waals surface area contributed by atoms with Gasteiger partial charge >= 0.3 is 0 Å². The molecule has 1 aromatic carbocycles. The Morgan fingerprint density at radius 2 is 2.23 bits per heavy atom. The van der Waals surface area contributed by atoms with E-state index in [1.54, 1.807) is 13.0 Å². The second-order valence-electron chi connectivity index (χ2n) is 5.61. The zero-order valence-corrected chi connectivity index (χ0v) is 13.1. The summed E-state index contributed by atoms with van der Waals surface area (Å²) in [5.74, 6) is 0.898. The molecule has 0 aliphatic carbocycles. The average Bonchev–Trinajstić information content (AvgIpc) is 3.15. The summed E-state index contributed by atoms with van der Waals surface area (Å²) in [7, 11) is 0. The van der Waals surface area contributed by atoms with Crippen molar-refractivity contribution < 1.29 is 9.32 Å². The van der Waals surface area contributed by atoms with Crippen LogP contribution in [0.2, 0.25) is 5.02 Å². The van der Waals surface area contributed by atoms with Gasteiger partial charge in [-0.05, 0) is 43.5 Å². The van der Waals surface area contributed by atoms with Crippen molar-refractivity contribution >= 4 is 23.2 Å². The van der Waals surface area contributed by atoms with Crippen LogP contribution in [0.1, 0.15) is 22.7 Å². The van der Waals surface area contributed by atoms with Gasteiger partial charge in [-0.15, -0.1) is 0 Å². The molecule has 1 N–H and O–H groups in total. The summed E-state index contributed by atoms with van der Waals surface area (Å²) in [5, 5.41) is 7.39. The molecule has 1 atom stereocenters. The van der Waals surface area contributed by atoms with Crippen molar-refractivity contribution in [2.45, 2.75) is 13.3 Å². The van der Waals surface area contributed by atoms with E-state index in [0.717, 1.165) is 24.5 Å². The number of nitrogens with one attached hydrogen (secondary N) is 1. The van der Waals surface area contributed by atoms with E-state index in [4.69, 9.17) is 16.1 Å². The minimum atomic E-state index is -0.179. The second kappa shape index (κ2) is 6.40. The molecule has 6 heteroatoms. The summed E-state index contributed by atoms with van der Waals surface area (Å²) in [6.07, 6.45) is 1.06. The Hall–Kier alpha value is -2.01. The first-order valence-electron chi connectivity index (χ1n) is 7.34. The number of nitrogens with zero attached hydrogens (tertiary/aromatic N) is 2. The van der Waals surface area contributed by atoms with Crippen LogP contribution in [0, 0.1) is 12.8 Å². The number of halogens is 1. The minimum Gasteiger partial charge on any atom is -0.371 e. The molecule has 22 heavy (non-hydrogen) atoms. The normalized spacial score (nSPS) is 17.7. The number of carbonyl (C=O) groups is 1. The highest BCUT2D eigenvalue weighted by atomic mass is 35.5. The molecular formula is C16H18ClN3O2. The van der Waals surface area contributed by atoms with Crippen LogP contribution < -0.4 is 10.2 Å².